The average molecular weight is 657 g/mol. The van der Waals surface area contributed by atoms with Crippen molar-refractivity contribution in [2.45, 2.75) is 25.7 Å². The Kier molecular flexibility index (Phi) is 13.2. The molecule has 0 saturated heterocycles. The molecule has 49 heavy (non-hydrogen) atoms. The van der Waals surface area contributed by atoms with Gasteiger partial charge in [0.2, 0.25) is 0 Å². The Morgan fingerprint density at radius 1 is 0.510 bits per heavy atom. The smallest absolute Gasteiger partial charge is 0.185 e. The quantitative estimate of drug-likeness (QED) is 0.0503. The van der Waals surface area contributed by atoms with E-state index in [1.807, 2.05) is 91.0 Å². The first kappa shape index (κ1) is 34.7. The molecule has 0 aliphatic carbocycles. The maximum absolute atomic E-state index is 13.1. The van der Waals surface area contributed by atoms with Crippen LogP contribution >= 0.6 is 0 Å². The van der Waals surface area contributed by atoms with E-state index in [-0.39, 0.29) is 11.6 Å². The summed E-state index contributed by atoms with van der Waals surface area (Å²) in [5.41, 5.74) is 4.60. The average Bonchev–Trinajstić information content (AvgIpc) is 3.15. The molecule has 0 saturated carbocycles. The van der Waals surface area contributed by atoms with Crippen molar-refractivity contribution in [3.8, 4) is 34.1 Å². The third-order valence-corrected chi connectivity index (χ3v) is 7.79. The molecule has 5 aromatic carbocycles. The first-order valence-corrected chi connectivity index (χ1v) is 16.6. The van der Waals surface area contributed by atoms with E-state index in [4.69, 9.17) is 18.9 Å². The van der Waals surface area contributed by atoms with E-state index in [2.05, 4.69) is 18.7 Å². The number of ketones is 1. The standard InChI is InChI=1S/C43H41FO5/c1-2-33-7-20-39(21-8-33)46-29-5-3-4-6-30-47-41-24-14-35(15-25-41)36-16-26-42(27-17-36)49-32-31-48-40-22-9-34(10-23-40)11-28-43(45)37-12-18-38(44)19-13-37/h2,7-28H,1,3-6,29-32H2/b28-11+. The van der Waals surface area contributed by atoms with E-state index in [0.29, 0.717) is 31.1 Å². The molecule has 0 aliphatic rings. The molecule has 0 aliphatic heterocycles. The number of hydrogen-bond donors (Lipinski definition) is 0. The molecule has 0 aromatic heterocycles. The van der Waals surface area contributed by atoms with Gasteiger partial charge in [0, 0.05) is 5.56 Å². The molecule has 0 fully saturated rings. The second-order valence-corrected chi connectivity index (χ2v) is 11.4. The van der Waals surface area contributed by atoms with Crippen LogP contribution in [-0.4, -0.2) is 32.2 Å². The SMILES string of the molecule is C=Cc1ccc(OCCCCCCOc2ccc(-c3ccc(OCCOc4ccc(/C=C/C(=O)c5ccc(F)cc5)cc4)cc3)cc2)cc1. The van der Waals surface area contributed by atoms with Crippen molar-refractivity contribution >= 4 is 17.9 Å². The van der Waals surface area contributed by atoms with Crippen LogP contribution in [0.4, 0.5) is 4.39 Å². The summed E-state index contributed by atoms with van der Waals surface area (Å²) in [5.74, 6) is 2.70. The van der Waals surface area contributed by atoms with Gasteiger partial charge >= 0.3 is 0 Å². The van der Waals surface area contributed by atoms with E-state index in [0.717, 1.165) is 71.8 Å². The van der Waals surface area contributed by atoms with Gasteiger partial charge in [-0.3, -0.25) is 4.79 Å². The number of allylic oxidation sites excluding steroid dienone is 1. The highest BCUT2D eigenvalue weighted by Crippen LogP contribution is 2.25. The Labute approximate surface area is 288 Å². The zero-order valence-corrected chi connectivity index (χ0v) is 27.6. The molecule has 0 radical (unpaired) electrons. The number of hydrogen-bond acceptors (Lipinski definition) is 5. The molecule has 5 nitrogen and oxygen atoms in total. The van der Waals surface area contributed by atoms with Crippen LogP contribution in [0.1, 0.15) is 47.2 Å². The van der Waals surface area contributed by atoms with E-state index < -0.39 is 0 Å². The minimum Gasteiger partial charge on any atom is -0.494 e. The number of benzene rings is 5. The number of carbonyl (C=O) groups is 1. The molecule has 0 amide bonds. The van der Waals surface area contributed by atoms with Crippen molar-refractivity contribution in [2.75, 3.05) is 26.4 Å². The molecule has 0 N–H and O–H groups in total. The van der Waals surface area contributed by atoms with Gasteiger partial charge in [0.15, 0.2) is 5.78 Å². The minimum atomic E-state index is -0.369. The molecule has 6 heteroatoms. The predicted octanol–water partition coefficient (Wildman–Crippen LogP) is 10.5. The minimum absolute atomic E-state index is 0.184. The molecule has 0 heterocycles. The molecule has 5 rings (SSSR count). The summed E-state index contributed by atoms with van der Waals surface area (Å²) in [7, 11) is 0. The van der Waals surface area contributed by atoms with E-state index in [1.54, 1.807) is 6.08 Å². The highest BCUT2D eigenvalue weighted by molar-refractivity contribution is 6.06. The lowest BCUT2D eigenvalue weighted by atomic mass is 10.1. The van der Waals surface area contributed by atoms with Crippen LogP contribution in [0, 0.1) is 5.82 Å². The fraction of sp³-hybridized carbons (Fsp3) is 0.186. The summed E-state index contributed by atoms with van der Waals surface area (Å²) in [6, 6.07) is 37.1. The van der Waals surface area contributed by atoms with Gasteiger partial charge in [-0.1, -0.05) is 67.3 Å². The van der Waals surface area contributed by atoms with Crippen molar-refractivity contribution in [3.63, 3.8) is 0 Å². The number of ether oxygens (including phenoxy) is 4. The van der Waals surface area contributed by atoms with Gasteiger partial charge in [0.05, 0.1) is 13.2 Å². The van der Waals surface area contributed by atoms with Crippen LogP contribution in [0.5, 0.6) is 23.0 Å². The lowest BCUT2D eigenvalue weighted by molar-refractivity contribution is 0.104. The molecule has 0 atom stereocenters. The van der Waals surface area contributed by atoms with Gasteiger partial charge in [0.1, 0.15) is 42.0 Å². The highest BCUT2D eigenvalue weighted by atomic mass is 19.1. The highest BCUT2D eigenvalue weighted by Gasteiger charge is 2.04. The number of unbranched alkanes of at least 4 members (excludes halogenated alkanes) is 3. The van der Waals surface area contributed by atoms with Crippen LogP contribution < -0.4 is 18.9 Å². The van der Waals surface area contributed by atoms with Gasteiger partial charge in [0.25, 0.3) is 0 Å². The van der Waals surface area contributed by atoms with Crippen LogP contribution in [-0.2, 0) is 0 Å². The largest absolute Gasteiger partial charge is 0.494 e. The zero-order valence-electron chi connectivity index (χ0n) is 27.6. The number of halogens is 1. The Hall–Kier alpha value is -5.62. The summed E-state index contributed by atoms with van der Waals surface area (Å²) >= 11 is 0. The van der Waals surface area contributed by atoms with Gasteiger partial charge < -0.3 is 18.9 Å². The normalized spacial score (nSPS) is 10.9. The Morgan fingerprint density at radius 2 is 0.918 bits per heavy atom. The van der Waals surface area contributed by atoms with Gasteiger partial charge in [-0.05, 0) is 127 Å². The van der Waals surface area contributed by atoms with Crippen LogP contribution in [0.3, 0.4) is 0 Å². The van der Waals surface area contributed by atoms with Crippen molar-refractivity contribution in [3.05, 3.63) is 156 Å². The van der Waals surface area contributed by atoms with Crippen molar-refractivity contribution in [2.24, 2.45) is 0 Å². The zero-order chi connectivity index (χ0) is 34.1. The van der Waals surface area contributed by atoms with E-state index >= 15 is 0 Å². The summed E-state index contributed by atoms with van der Waals surface area (Å²) in [5, 5.41) is 0. The van der Waals surface area contributed by atoms with Gasteiger partial charge in [-0.15, -0.1) is 0 Å². The summed E-state index contributed by atoms with van der Waals surface area (Å²) < 4.78 is 36.5. The van der Waals surface area contributed by atoms with Gasteiger partial charge in [-0.2, -0.15) is 0 Å². The van der Waals surface area contributed by atoms with Crippen molar-refractivity contribution in [1.29, 1.82) is 0 Å². The maximum Gasteiger partial charge on any atom is 0.185 e. The molecular weight excluding hydrogens is 615 g/mol. The van der Waals surface area contributed by atoms with Crippen molar-refractivity contribution < 1.29 is 28.1 Å². The molecule has 250 valence electrons. The second kappa shape index (κ2) is 18.6. The fourth-order valence-corrected chi connectivity index (χ4v) is 5.00. The lowest BCUT2D eigenvalue weighted by Crippen LogP contribution is -2.08. The summed E-state index contributed by atoms with van der Waals surface area (Å²) in [4.78, 5) is 12.2. The predicted molar refractivity (Wildman–Crippen MR) is 195 cm³/mol. The molecule has 0 spiro atoms. The Balaban J connectivity index is 0.937. The molecular formula is C43H41FO5. The van der Waals surface area contributed by atoms with Gasteiger partial charge in [-0.25, -0.2) is 4.39 Å². The van der Waals surface area contributed by atoms with Crippen molar-refractivity contribution in [1.82, 2.24) is 0 Å². The molecule has 0 bridgehead atoms. The maximum atomic E-state index is 13.1. The first-order chi connectivity index (χ1) is 24.1. The number of rotatable bonds is 19. The third-order valence-electron chi connectivity index (χ3n) is 7.79. The van der Waals surface area contributed by atoms with E-state index in [1.165, 1.54) is 30.3 Å². The second-order valence-electron chi connectivity index (χ2n) is 11.4. The Bertz CT molecular complexity index is 1760. The van der Waals surface area contributed by atoms with E-state index in [9.17, 15) is 9.18 Å². The third kappa shape index (κ3) is 11.5. The first-order valence-electron chi connectivity index (χ1n) is 16.6. The Morgan fingerprint density at radius 3 is 1.37 bits per heavy atom. The lowest BCUT2D eigenvalue weighted by Gasteiger charge is -2.10. The molecule has 5 aromatic rings. The summed E-state index contributed by atoms with van der Waals surface area (Å²) in [6.07, 6.45) is 9.27. The van der Waals surface area contributed by atoms with Crippen LogP contribution in [0.2, 0.25) is 0 Å². The fourth-order valence-electron chi connectivity index (χ4n) is 5.00. The number of carbonyl (C=O) groups excluding carboxylic acids is 1. The van der Waals surface area contributed by atoms with Crippen LogP contribution in [0.15, 0.2) is 134 Å². The monoisotopic (exact) mass is 656 g/mol. The van der Waals surface area contributed by atoms with Crippen LogP contribution in [0.25, 0.3) is 23.3 Å². The topological polar surface area (TPSA) is 54.0 Å². The summed E-state index contributed by atoms with van der Waals surface area (Å²) in [6.45, 7) is 5.98. The molecule has 0 unspecified atom stereocenters.